The van der Waals surface area contributed by atoms with Gasteiger partial charge in [-0.3, -0.25) is 5.32 Å². The fourth-order valence-corrected chi connectivity index (χ4v) is 1.62. The van der Waals surface area contributed by atoms with Gasteiger partial charge in [-0.15, -0.1) is 0 Å². The number of ether oxygens (including phenoxy) is 1. The molecule has 2 N–H and O–H groups in total. The predicted octanol–water partition coefficient (Wildman–Crippen LogP) is 1.54. The van der Waals surface area contributed by atoms with E-state index in [0.29, 0.717) is 15.8 Å². The lowest BCUT2D eigenvalue weighted by atomic mass is 10.1. The van der Waals surface area contributed by atoms with E-state index in [1.165, 1.54) is 0 Å². The van der Waals surface area contributed by atoms with Gasteiger partial charge in [0.15, 0.2) is 12.0 Å². The third-order valence-electron chi connectivity index (χ3n) is 1.74. The fourth-order valence-electron chi connectivity index (χ4n) is 1.16. The highest BCUT2D eigenvalue weighted by Crippen LogP contribution is 2.34. The van der Waals surface area contributed by atoms with Crippen molar-refractivity contribution in [1.29, 1.82) is 0 Å². The smallest absolute Gasteiger partial charge is 0.409 e. The summed E-state index contributed by atoms with van der Waals surface area (Å²) in [6.45, 7) is 0. The molecule has 1 amide bonds. The van der Waals surface area contributed by atoms with E-state index in [1.54, 1.807) is 18.2 Å². The molecule has 2 rings (SSSR count). The Bertz CT molecular complexity index is 366. The maximum absolute atomic E-state index is 10.9. The van der Waals surface area contributed by atoms with Crippen molar-refractivity contribution < 1.29 is 14.6 Å². The number of hydrogen-bond acceptors (Lipinski definition) is 3. The Morgan fingerprint density at radius 2 is 2.31 bits per heavy atom. The summed E-state index contributed by atoms with van der Waals surface area (Å²) in [6, 6.07) is 5.18. The lowest BCUT2D eigenvalue weighted by Gasteiger charge is -2.22. The topological polar surface area (TPSA) is 58.6 Å². The van der Waals surface area contributed by atoms with Crippen LogP contribution in [0, 0.1) is 0 Å². The summed E-state index contributed by atoms with van der Waals surface area (Å²) < 4.78 is 5.53. The van der Waals surface area contributed by atoms with Crippen molar-refractivity contribution in [3.63, 3.8) is 0 Å². The number of amides is 1. The van der Waals surface area contributed by atoms with Gasteiger partial charge < -0.3 is 9.84 Å². The molecule has 0 aliphatic carbocycles. The van der Waals surface area contributed by atoms with E-state index in [4.69, 9.17) is 4.74 Å². The number of aliphatic hydroxyl groups excluding tert-OH is 1. The number of carbonyl (C=O) groups excluding carboxylic acids is 1. The molecule has 0 fully saturated rings. The Balaban J connectivity index is 2.54. The van der Waals surface area contributed by atoms with Gasteiger partial charge in [-0.25, -0.2) is 4.79 Å². The Kier molecular flexibility index (Phi) is 1.97. The van der Waals surface area contributed by atoms with Crippen LogP contribution >= 0.6 is 15.9 Å². The molecule has 0 bridgehead atoms. The minimum atomic E-state index is -0.992. The number of fused-ring (bicyclic) bond motifs is 1. The highest BCUT2D eigenvalue weighted by atomic mass is 79.9. The van der Waals surface area contributed by atoms with E-state index >= 15 is 0 Å². The number of carbonyl (C=O) groups is 1. The molecule has 0 spiro atoms. The quantitative estimate of drug-likeness (QED) is 0.727. The molecular formula is C8H6BrNO3. The van der Waals surface area contributed by atoms with E-state index in [1.807, 2.05) is 0 Å². The summed E-state index contributed by atoms with van der Waals surface area (Å²) in [7, 11) is 0. The zero-order valence-electron chi connectivity index (χ0n) is 6.45. The average molecular weight is 244 g/mol. The molecule has 1 aromatic carbocycles. The van der Waals surface area contributed by atoms with Gasteiger partial charge >= 0.3 is 6.09 Å². The summed E-state index contributed by atoms with van der Waals surface area (Å²) in [5, 5.41) is 11.7. The highest BCUT2D eigenvalue weighted by molar-refractivity contribution is 9.10. The van der Waals surface area contributed by atoms with Crippen molar-refractivity contribution in [2.75, 3.05) is 0 Å². The maximum Gasteiger partial charge on any atom is 0.414 e. The van der Waals surface area contributed by atoms with Crippen LogP contribution in [0.2, 0.25) is 0 Å². The molecule has 1 unspecified atom stereocenters. The molecule has 4 nitrogen and oxygen atoms in total. The first-order chi connectivity index (χ1) is 6.18. The molecule has 0 aromatic heterocycles. The van der Waals surface area contributed by atoms with E-state index < -0.39 is 12.3 Å². The standard InChI is InChI=1S/C8H6BrNO3/c9-5-3-1-2-4-6(5)13-8(12)10-7(4)11/h1-3,7,11H,(H,10,12). The van der Waals surface area contributed by atoms with E-state index in [9.17, 15) is 9.90 Å². The Labute approximate surface area is 82.6 Å². The maximum atomic E-state index is 10.9. The third kappa shape index (κ3) is 1.40. The van der Waals surface area contributed by atoms with Crippen LogP contribution in [-0.2, 0) is 0 Å². The molecule has 68 valence electrons. The summed E-state index contributed by atoms with van der Waals surface area (Å²) >= 11 is 3.22. The minimum absolute atomic E-state index is 0.374. The largest absolute Gasteiger partial charge is 0.414 e. The molecule has 13 heavy (non-hydrogen) atoms. The van der Waals surface area contributed by atoms with Crippen molar-refractivity contribution in [2.24, 2.45) is 0 Å². The number of hydrogen-bond donors (Lipinski definition) is 2. The molecule has 1 aliphatic heterocycles. The van der Waals surface area contributed by atoms with Crippen LogP contribution in [0.15, 0.2) is 22.7 Å². The summed E-state index contributed by atoms with van der Waals surface area (Å²) in [6.07, 6.45) is -1.64. The third-order valence-corrected chi connectivity index (χ3v) is 2.37. The van der Waals surface area contributed by atoms with Gasteiger partial charge in [0.1, 0.15) is 0 Å². The monoisotopic (exact) mass is 243 g/mol. The first kappa shape index (κ1) is 8.52. The molecule has 1 aromatic rings. The zero-order chi connectivity index (χ0) is 9.42. The SMILES string of the molecule is O=C1NC(O)c2cccc(Br)c2O1. The Morgan fingerprint density at radius 1 is 1.54 bits per heavy atom. The van der Waals surface area contributed by atoms with Crippen LogP contribution in [0.4, 0.5) is 4.79 Å². The highest BCUT2D eigenvalue weighted by Gasteiger charge is 2.25. The molecule has 5 heteroatoms. The second-order valence-electron chi connectivity index (χ2n) is 2.59. The van der Waals surface area contributed by atoms with Gasteiger partial charge in [-0.05, 0) is 22.0 Å². The van der Waals surface area contributed by atoms with Crippen molar-refractivity contribution in [2.45, 2.75) is 6.23 Å². The van der Waals surface area contributed by atoms with E-state index in [0.717, 1.165) is 0 Å². The van der Waals surface area contributed by atoms with Crippen LogP contribution in [0.25, 0.3) is 0 Å². The van der Waals surface area contributed by atoms with Crippen LogP contribution in [0.5, 0.6) is 5.75 Å². The first-order valence-electron chi connectivity index (χ1n) is 3.63. The number of rotatable bonds is 0. The summed E-state index contributed by atoms with van der Waals surface area (Å²) in [4.78, 5) is 10.9. The molecule has 0 saturated heterocycles. The van der Waals surface area contributed by atoms with Crippen LogP contribution in [0.3, 0.4) is 0 Å². The summed E-state index contributed by atoms with van der Waals surface area (Å²) in [5.74, 6) is 0.374. The second kappa shape index (κ2) is 3.01. The van der Waals surface area contributed by atoms with Gasteiger partial charge in [0, 0.05) is 5.56 Å². The van der Waals surface area contributed by atoms with Gasteiger partial charge in [0.05, 0.1) is 4.47 Å². The van der Waals surface area contributed by atoms with Crippen LogP contribution in [0.1, 0.15) is 11.8 Å². The van der Waals surface area contributed by atoms with Crippen molar-refractivity contribution in [3.8, 4) is 5.75 Å². The zero-order valence-corrected chi connectivity index (χ0v) is 8.04. The number of benzene rings is 1. The number of para-hydroxylation sites is 1. The Hall–Kier alpha value is -1.07. The molecular weight excluding hydrogens is 238 g/mol. The lowest BCUT2D eigenvalue weighted by molar-refractivity contribution is 0.108. The molecule has 1 aliphatic rings. The normalized spacial score (nSPS) is 20.2. The average Bonchev–Trinajstić information content (AvgIpc) is 2.07. The van der Waals surface area contributed by atoms with Gasteiger partial charge in [0.25, 0.3) is 0 Å². The first-order valence-corrected chi connectivity index (χ1v) is 4.42. The Morgan fingerprint density at radius 3 is 3.08 bits per heavy atom. The fraction of sp³-hybridized carbons (Fsp3) is 0.125. The molecule has 1 atom stereocenters. The van der Waals surface area contributed by atoms with Crippen molar-refractivity contribution in [1.82, 2.24) is 5.32 Å². The molecule has 1 heterocycles. The number of nitrogens with one attached hydrogen (secondary N) is 1. The van der Waals surface area contributed by atoms with Gasteiger partial charge in [-0.1, -0.05) is 12.1 Å². The van der Waals surface area contributed by atoms with Crippen molar-refractivity contribution in [3.05, 3.63) is 28.2 Å². The van der Waals surface area contributed by atoms with E-state index in [2.05, 4.69) is 21.2 Å². The number of aliphatic hydroxyl groups is 1. The second-order valence-corrected chi connectivity index (χ2v) is 3.45. The van der Waals surface area contributed by atoms with Crippen LogP contribution < -0.4 is 10.1 Å². The molecule has 0 saturated carbocycles. The van der Waals surface area contributed by atoms with Gasteiger partial charge in [-0.2, -0.15) is 0 Å². The predicted molar refractivity (Wildman–Crippen MR) is 48.3 cm³/mol. The van der Waals surface area contributed by atoms with Gasteiger partial charge in [0.2, 0.25) is 0 Å². The number of halogens is 1. The lowest BCUT2D eigenvalue weighted by Crippen LogP contribution is -2.35. The minimum Gasteiger partial charge on any atom is -0.409 e. The van der Waals surface area contributed by atoms with Crippen LogP contribution in [-0.4, -0.2) is 11.2 Å². The molecule has 0 radical (unpaired) electrons. The van der Waals surface area contributed by atoms with E-state index in [-0.39, 0.29) is 0 Å². The van der Waals surface area contributed by atoms with Crippen molar-refractivity contribution >= 4 is 22.0 Å². The summed E-state index contributed by atoms with van der Waals surface area (Å²) in [5.41, 5.74) is 0.550.